The van der Waals surface area contributed by atoms with Crippen LogP contribution in [0.5, 0.6) is 0 Å². The minimum atomic E-state index is -4.42. The number of rotatable bonds is 7. The molecule has 0 saturated carbocycles. The molecule has 1 aliphatic heterocycles. The quantitative estimate of drug-likeness (QED) is 0.204. The van der Waals surface area contributed by atoms with Gasteiger partial charge in [0.25, 0.3) is 0 Å². The average Bonchev–Trinajstić information content (AvgIpc) is 3.19. The molecule has 3 aromatic rings. The zero-order chi connectivity index (χ0) is 29.2. The summed E-state index contributed by atoms with van der Waals surface area (Å²) >= 11 is 1.18. The van der Waals surface area contributed by atoms with Gasteiger partial charge in [-0.2, -0.15) is 13.2 Å². The molecule has 2 atom stereocenters. The van der Waals surface area contributed by atoms with Gasteiger partial charge in [0.05, 0.1) is 39.2 Å². The summed E-state index contributed by atoms with van der Waals surface area (Å²) < 4.78 is 80.0. The molecule has 0 amide bonds. The van der Waals surface area contributed by atoms with E-state index in [1.54, 1.807) is 30.3 Å². The Hall–Kier alpha value is -2.38. The lowest BCUT2D eigenvalue weighted by molar-refractivity contribution is -0.126. The van der Waals surface area contributed by atoms with E-state index in [1.807, 2.05) is 25.3 Å². The summed E-state index contributed by atoms with van der Waals surface area (Å²) in [5.41, 5.74) is 1.48. The summed E-state index contributed by atoms with van der Waals surface area (Å²) in [5.74, 6) is 5.88. The predicted octanol–water partition coefficient (Wildman–Crippen LogP) is 5.69. The number of hydrogen-bond donors (Lipinski definition) is 2. The first-order chi connectivity index (χ1) is 18.7. The highest BCUT2D eigenvalue weighted by atomic mass is 32.2. The molecule has 1 saturated heterocycles. The average molecular weight is 614 g/mol. The van der Waals surface area contributed by atoms with Crippen molar-refractivity contribution in [1.82, 2.24) is 4.90 Å². The molecule has 1 fully saturated rings. The number of piperidine rings is 1. The van der Waals surface area contributed by atoms with Crippen LogP contribution in [-0.2, 0) is 16.3 Å². The van der Waals surface area contributed by atoms with Crippen LogP contribution < -0.4 is 15.9 Å². The van der Waals surface area contributed by atoms with Crippen molar-refractivity contribution in [3.05, 3.63) is 46.8 Å². The number of fused-ring (bicyclic) bond motifs is 1. The first-order valence-electron chi connectivity index (χ1n) is 12.7. The van der Waals surface area contributed by atoms with E-state index in [-0.39, 0.29) is 17.0 Å². The largest absolute Gasteiger partial charge is 0.393 e. The fourth-order valence-corrected chi connectivity index (χ4v) is 7.64. The topological polar surface area (TPSA) is 61.4 Å². The van der Waals surface area contributed by atoms with Crippen LogP contribution in [0, 0.1) is 11.8 Å². The Labute approximate surface area is 238 Å². The number of thiophene rings is 1. The van der Waals surface area contributed by atoms with Crippen molar-refractivity contribution < 1.29 is 26.0 Å². The number of sulfone groups is 1. The molecule has 4 rings (SSSR count). The van der Waals surface area contributed by atoms with Crippen molar-refractivity contribution >= 4 is 55.9 Å². The van der Waals surface area contributed by atoms with E-state index < -0.39 is 42.6 Å². The van der Waals surface area contributed by atoms with Gasteiger partial charge in [0.2, 0.25) is 0 Å². The molecule has 5 nitrogen and oxygen atoms in total. The Morgan fingerprint density at radius 1 is 1.18 bits per heavy atom. The molecule has 1 aromatic heterocycles. The Morgan fingerprint density at radius 2 is 1.93 bits per heavy atom. The van der Waals surface area contributed by atoms with E-state index in [0.717, 1.165) is 23.8 Å². The molecule has 12 heteroatoms. The Morgan fingerprint density at radius 3 is 2.58 bits per heavy atom. The van der Waals surface area contributed by atoms with Crippen molar-refractivity contribution in [3.8, 4) is 11.8 Å². The van der Waals surface area contributed by atoms with Crippen LogP contribution in [0.1, 0.15) is 16.9 Å². The predicted molar refractivity (Wildman–Crippen MR) is 159 cm³/mol. The lowest BCUT2D eigenvalue weighted by Crippen LogP contribution is -2.46. The number of likely N-dealkylation sites (tertiary alicyclic amines) is 1. The molecule has 0 unspecified atom stereocenters. The summed E-state index contributed by atoms with van der Waals surface area (Å²) in [4.78, 5) is 2.48. The maximum atomic E-state index is 14.7. The van der Waals surface area contributed by atoms with Gasteiger partial charge in [0.15, 0.2) is 9.84 Å². The lowest BCUT2D eigenvalue weighted by Gasteiger charge is -2.33. The van der Waals surface area contributed by atoms with Crippen molar-refractivity contribution in [3.63, 3.8) is 0 Å². The number of anilines is 2. The summed E-state index contributed by atoms with van der Waals surface area (Å²) in [6, 6.07) is 9.59. The van der Waals surface area contributed by atoms with Crippen LogP contribution in [0.4, 0.5) is 28.9 Å². The molecule has 216 valence electrons. The molecular formula is C28H32F4N3O2PS2. The van der Waals surface area contributed by atoms with Gasteiger partial charge in [0.1, 0.15) is 6.17 Å². The van der Waals surface area contributed by atoms with Gasteiger partial charge in [-0.15, -0.1) is 11.3 Å². The molecule has 0 radical (unpaired) electrons. The molecule has 0 bridgehead atoms. The summed E-state index contributed by atoms with van der Waals surface area (Å²) in [6.45, 7) is 5.22. The third-order valence-electron chi connectivity index (χ3n) is 6.73. The minimum absolute atomic E-state index is 0.118. The first kappa shape index (κ1) is 30.6. The number of benzene rings is 2. The van der Waals surface area contributed by atoms with Gasteiger partial charge in [-0.05, 0) is 67.3 Å². The third kappa shape index (κ3) is 7.47. The zero-order valence-corrected chi connectivity index (χ0v) is 25.2. The van der Waals surface area contributed by atoms with Crippen LogP contribution in [0.15, 0.2) is 41.3 Å². The molecule has 40 heavy (non-hydrogen) atoms. The van der Waals surface area contributed by atoms with Crippen molar-refractivity contribution in [2.24, 2.45) is 0 Å². The smallest absolute Gasteiger partial charge is 0.378 e. The number of nitrogens with zero attached hydrogens (tertiary/aromatic N) is 1. The Kier molecular flexibility index (Phi) is 9.35. The fraction of sp³-hybridized carbons (Fsp3) is 0.429. The van der Waals surface area contributed by atoms with Gasteiger partial charge in [0, 0.05) is 25.0 Å². The van der Waals surface area contributed by atoms with E-state index in [9.17, 15) is 26.0 Å². The van der Waals surface area contributed by atoms with E-state index in [0.29, 0.717) is 33.6 Å². The monoisotopic (exact) mass is 613 g/mol. The van der Waals surface area contributed by atoms with Crippen molar-refractivity contribution in [2.75, 3.05) is 56.9 Å². The van der Waals surface area contributed by atoms with Crippen molar-refractivity contribution in [2.45, 2.75) is 36.1 Å². The maximum absolute atomic E-state index is 14.7. The van der Waals surface area contributed by atoms with Gasteiger partial charge in [-0.1, -0.05) is 31.9 Å². The third-order valence-corrected chi connectivity index (χ3v) is 10.4. The molecule has 2 N–H and O–H groups in total. The minimum Gasteiger partial charge on any atom is -0.378 e. The molecule has 0 aliphatic carbocycles. The second-order valence-corrected chi connectivity index (χ2v) is 15.5. The second-order valence-electron chi connectivity index (χ2n) is 10.2. The molecule has 2 aromatic carbocycles. The summed E-state index contributed by atoms with van der Waals surface area (Å²) in [6.07, 6.45) is -4.86. The summed E-state index contributed by atoms with van der Waals surface area (Å²) in [5, 5.41) is 7.77. The Bertz CT molecular complexity index is 1540. The van der Waals surface area contributed by atoms with Gasteiger partial charge < -0.3 is 15.5 Å². The lowest BCUT2D eigenvalue weighted by atomic mass is 10.0. The zero-order valence-electron chi connectivity index (χ0n) is 22.7. The SMILES string of the molecule is CN1CC[C@@H](Nc2cccc3c(CC(F)(F)F)c(C#CCNc4ccc(S(C)(=O)=O)cc4P(C)C)sc23)[C@@H](F)C1. The van der Waals surface area contributed by atoms with Crippen LogP contribution >= 0.6 is 19.3 Å². The van der Waals surface area contributed by atoms with Crippen LogP contribution in [0.3, 0.4) is 0 Å². The number of alkyl halides is 4. The highest BCUT2D eigenvalue weighted by molar-refractivity contribution is 7.90. The second kappa shape index (κ2) is 12.2. The van der Waals surface area contributed by atoms with Crippen LogP contribution in [0.2, 0.25) is 0 Å². The van der Waals surface area contributed by atoms with Gasteiger partial charge in [-0.3, -0.25) is 0 Å². The van der Waals surface area contributed by atoms with E-state index in [2.05, 4.69) is 22.5 Å². The maximum Gasteiger partial charge on any atom is 0.393 e. The first-order valence-corrected chi connectivity index (χ1v) is 17.6. The summed E-state index contributed by atoms with van der Waals surface area (Å²) in [7, 11) is -2.12. The molecular weight excluding hydrogens is 581 g/mol. The number of halogens is 4. The van der Waals surface area contributed by atoms with Gasteiger partial charge in [-0.25, -0.2) is 12.8 Å². The normalized spacial score (nSPS) is 18.5. The standard InChI is InChI=1S/C28H32F4N3O2PS2/c1-35-14-12-22(21(29)17-35)34-24-8-5-7-19-20(16-28(30,31)32)26(39-27(19)24)9-6-13-33-23-11-10-18(40(4,36)37)15-25(23)38(2)3/h5,7-8,10-11,15,21-22,33-34H,12-14,16-17H2,1-4H3/t21-,22+/m0/s1. The number of nitrogens with one attached hydrogen (secondary N) is 2. The van der Waals surface area contributed by atoms with E-state index in [1.165, 1.54) is 17.4 Å². The highest BCUT2D eigenvalue weighted by Gasteiger charge is 2.32. The van der Waals surface area contributed by atoms with E-state index >= 15 is 0 Å². The van der Waals surface area contributed by atoms with Crippen LogP contribution in [0.25, 0.3) is 10.1 Å². The van der Waals surface area contributed by atoms with Gasteiger partial charge >= 0.3 is 6.18 Å². The van der Waals surface area contributed by atoms with Crippen LogP contribution in [-0.4, -0.2) is 78.0 Å². The molecule has 1 aliphatic rings. The highest BCUT2D eigenvalue weighted by Crippen LogP contribution is 2.39. The van der Waals surface area contributed by atoms with Crippen molar-refractivity contribution in [1.29, 1.82) is 0 Å². The molecule has 0 spiro atoms. The fourth-order valence-electron chi connectivity index (χ4n) is 4.71. The molecule has 2 heterocycles. The van der Waals surface area contributed by atoms with E-state index in [4.69, 9.17) is 0 Å². The Balaban J connectivity index is 1.62. The number of hydrogen-bond acceptors (Lipinski definition) is 6.